The van der Waals surface area contributed by atoms with E-state index in [1.165, 1.54) is 35.7 Å². The number of benzene rings is 1. The van der Waals surface area contributed by atoms with Crippen LogP contribution in [0.25, 0.3) is 0 Å². The summed E-state index contributed by atoms with van der Waals surface area (Å²) in [6.45, 7) is 4.65. The van der Waals surface area contributed by atoms with E-state index in [1.54, 1.807) is 0 Å². The molecule has 0 radical (unpaired) electrons. The van der Waals surface area contributed by atoms with Crippen molar-refractivity contribution in [3.8, 4) is 0 Å². The molecule has 0 amide bonds. The van der Waals surface area contributed by atoms with Crippen LogP contribution in [0.2, 0.25) is 0 Å². The Labute approximate surface area is 122 Å². The summed E-state index contributed by atoms with van der Waals surface area (Å²) in [4.78, 5) is 0. The van der Waals surface area contributed by atoms with Gasteiger partial charge in [0, 0.05) is 9.80 Å². The third kappa shape index (κ3) is 5.56. The maximum absolute atomic E-state index is 3.66. The molecule has 0 N–H and O–H groups in total. The summed E-state index contributed by atoms with van der Waals surface area (Å²) in [6.07, 6.45) is 5.13. The summed E-state index contributed by atoms with van der Waals surface area (Å²) in [5, 5.41) is 1.10. The summed E-state index contributed by atoms with van der Waals surface area (Å²) >= 11 is 7.30. The zero-order valence-corrected chi connectivity index (χ0v) is 13.9. The first-order valence-electron chi connectivity index (χ1n) is 6.46. The summed E-state index contributed by atoms with van der Waals surface area (Å²) in [6, 6.07) is 8.57. The highest BCUT2D eigenvalue weighted by Crippen LogP contribution is 2.25. The average Bonchev–Trinajstić information content (AvgIpc) is 2.31. The maximum Gasteiger partial charge on any atom is 0.0207 e. The number of alkyl halides is 1. The fourth-order valence-electron chi connectivity index (χ4n) is 2.36. The lowest BCUT2D eigenvalue weighted by atomic mass is 9.89. The molecule has 0 saturated heterocycles. The predicted octanol–water partition coefficient (Wildman–Crippen LogP) is 5.83. The van der Waals surface area contributed by atoms with Crippen LogP contribution >= 0.6 is 31.9 Å². The molecule has 1 aromatic carbocycles. The van der Waals surface area contributed by atoms with Crippen molar-refractivity contribution in [3.63, 3.8) is 0 Å². The minimum atomic E-state index is 0.746. The highest BCUT2D eigenvalue weighted by molar-refractivity contribution is 9.10. The van der Waals surface area contributed by atoms with Gasteiger partial charge in [-0.1, -0.05) is 76.7 Å². The molecule has 17 heavy (non-hydrogen) atoms. The Morgan fingerprint density at radius 3 is 2.53 bits per heavy atom. The molecule has 0 aliphatic carbocycles. The van der Waals surface area contributed by atoms with E-state index in [2.05, 4.69) is 70.0 Å². The van der Waals surface area contributed by atoms with Crippen LogP contribution in [-0.2, 0) is 6.42 Å². The van der Waals surface area contributed by atoms with E-state index in [9.17, 15) is 0 Å². The number of rotatable bonds is 7. The molecule has 0 fully saturated rings. The van der Waals surface area contributed by atoms with Crippen molar-refractivity contribution in [1.82, 2.24) is 0 Å². The zero-order chi connectivity index (χ0) is 12.7. The van der Waals surface area contributed by atoms with Crippen molar-refractivity contribution in [3.05, 3.63) is 34.3 Å². The Balaban J connectivity index is 2.55. The molecule has 0 heterocycles. The summed E-state index contributed by atoms with van der Waals surface area (Å²) in [5.41, 5.74) is 1.43. The van der Waals surface area contributed by atoms with E-state index < -0.39 is 0 Å². The van der Waals surface area contributed by atoms with Gasteiger partial charge in [0.05, 0.1) is 0 Å². The van der Waals surface area contributed by atoms with E-state index in [0.717, 1.165) is 17.2 Å². The minimum Gasteiger partial charge on any atom is -0.0925 e. The first-order chi connectivity index (χ1) is 8.17. The Hall–Kier alpha value is 0.180. The zero-order valence-electron chi connectivity index (χ0n) is 10.8. The van der Waals surface area contributed by atoms with Gasteiger partial charge in [0.2, 0.25) is 0 Å². The van der Waals surface area contributed by atoms with E-state index in [-0.39, 0.29) is 0 Å². The van der Waals surface area contributed by atoms with Crippen LogP contribution in [0.3, 0.4) is 0 Å². The second kappa shape index (κ2) is 8.31. The van der Waals surface area contributed by atoms with Crippen LogP contribution in [0.1, 0.15) is 38.7 Å². The van der Waals surface area contributed by atoms with Crippen LogP contribution in [-0.4, -0.2) is 5.33 Å². The largest absolute Gasteiger partial charge is 0.0925 e. The molecule has 0 saturated carbocycles. The third-order valence-corrected chi connectivity index (χ3v) is 4.89. The molecule has 1 rings (SSSR count). The van der Waals surface area contributed by atoms with Gasteiger partial charge in [0.15, 0.2) is 0 Å². The van der Waals surface area contributed by atoms with Gasteiger partial charge in [-0.25, -0.2) is 0 Å². The Bertz CT molecular complexity index is 322. The average molecular weight is 362 g/mol. The van der Waals surface area contributed by atoms with Gasteiger partial charge in [0.25, 0.3) is 0 Å². The van der Waals surface area contributed by atoms with Gasteiger partial charge >= 0.3 is 0 Å². The summed E-state index contributed by atoms with van der Waals surface area (Å²) in [5.74, 6) is 1.58. The second-order valence-electron chi connectivity index (χ2n) is 4.95. The molecule has 96 valence electrons. The van der Waals surface area contributed by atoms with Crippen LogP contribution < -0.4 is 0 Å². The van der Waals surface area contributed by atoms with Gasteiger partial charge in [-0.15, -0.1) is 0 Å². The van der Waals surface area contributed by atoms with E-state index >= 15 is 0 Å². The van der Waals surface area contributed by atoms with Crippen molar-refractivity contribution < 1.29 is 0 Å². The van der Waals surface area contributed by atoms with Gasteiger partial charge in [-0.05, 0) is 36.3 Å². The highest BCUT2D eigenvalue weighted by atomic mass is 79.9. The third-order valence-electron chi connectivity index (χ3n) is 3.20. The van der Waals surface area contributed by atoms with Crippen molar-refractivity contribution in [2.75, 3.05) is 5.33 Å². The fraction of sp³-hybridized carbons (Fsp3) is 0.600. The van der Waals surface area contributed by atoms with Gasteiger partial charge < -0.3 is 0 Å². The van der Waals surface area contributed by atoms with Crippen LogP contribution in [0.15, 0.2) is 28.7 Å². The normalized spacial score (nSPS) is 14.6. The molecular weight excluding hydrogens is 340 g/mol. The quantitative estimate of drug-likeness (QED) is 0.536. The van der Waals surface area contributed by atoms with Gasteiger partial charge in [0.1, 0.15) is 0 Å². The predicted molar refractivity (Wildman–Crippen MR) is 83.8 cm³/mol. The molecule has 0 aromatic heterocycles. The molecule has 1 aromatic rings. The fourth-order valence-corrected chi connectivity index (χ4v) is 3.30. The van der Waals surface area contributed by atoms with E-state index in [1.807, 2.05) is 0 Å². The second-order valence-corrected chi connectivity index (χ2v) is 6.45. The molecule has 2 unspecified atom stereocenters. The van der Waals surface area contributed by atoms with E-state index in [4.69, 9.17) is 0 Å². The molecule has 0 spiro atoms. The molecule has 2 heteroatoms. The topological polar surface area (TPSA) is 0 Å². The Kier molecular flexibility index (Phi) is 7.45. The number of hydrogen-bond acceptors (Lipinski definition) is 0. The van der Waals surface area contributed by atoms with Crippen molar-refractivity contribution >= 4 is 31.9 Å². The van der Waals surface area contributed by atoms with E-state index in [0.29, 0.717) is 0 Å². The SMILES string of the molecule is CCCC(C)CC(CBr)Cc1ccccc1Br. The highest BCUT2D eigenvalue weighted by Gasteiger charge is 2.13. The van der Waals surface area contributed by atoms with Crippen molar-refractivity contribution in [1.29, 1.82) is 0 Å². The monoisotopic (exact) mass is 360 g/mol. The lowest BCUT2D eigenvalue weighted by molar-refractivity contribution is 0.396. The molecule has 2 atom stereocenters. The summed E-state index contributed by atoms with van der Waals surface area (Å²) < 4.78 is 1.24. The van der Waals surface area contributed by atoms with Crippen LogP contribution in [0.4, 0.5) is 0 Å². The molecule has 0 aliphatic rings. The lowest BCUT2D eigenvalue weighted by Crippen LogP contribution is -2.11. The maximum atomic E-state index is 3.66. The Morgan fingerprint density at radius 1 is 1.24 bits per heavy atom. The van der Waals surface area contributed by atoms with Gasteiger partial charge in [-0.3, -0.25) is 0 Å². The van der Waals surface area contributed by atoms with Gasteiger partial charge in [-0.2, -0.15) is 0 Å². The summed E-state index contributed by atoms with van der Waals surface area (Å²) in [7, 11) is 0. The minimum absolute atomic E-state index is 0.746. The Morgan fingerprint density at radius 2 is 1.94 bits per heavy atom. The molecule has 0 bridgehead atoms. The standard InChI is InChI=1S/C15H22Br2/c1-3-6-12(2)9-13(11-16)10-14-7-4-5-8-15(14)17/h4-5,7-8,12-13H,3,6,9-11H2,1-2H3. The van der Waals surface area contributed by atoms with Crippen molar-refractivity contribution in [2.45, 2.75) is 39.5 Å². The first-order valence-corrected chi connectivity index (χ1v) is 8.38. The van der Waals surface area contributed by atoms with Crippen LogP contribution in [0.5, 0.6) is 0 Å². The molecule has 0 aliphatic heterocycles. The lowest BCUT2D eigenvalue weighted by Gasteiger charge is -2.19. The van der Waals surface area contributed by atoms with Crippen LogP contribution in [0, 0.1) is 11.8 Å². The first kappa shape index (κ1) is 15.2. The van der Waals surface area contributed by atoms with Crippen molar-refractivity contribution in [2.24, 2.45) is 11.8 Å². The number of hydrogen-bond donors (Lipinski definition) is 0. The molecule has 0 nitrogen and oxygen atoms in total. The number of halogens is 2. The molecular formula is C15H22Br2. The smallest absolute Gasteiger partial charge is 0.0207 e.